The van der Waals surface area contributed by atoms with E-state index in [4.69, 9.17) is 9.47 Å². The molecule has 1 aliphatic heterocycles. The number of rotatable bonds is 6. The van der Waals surface area contributed by atoms with Gasteiger partial charge in [0.25, 0.3) is 17.7 Å². The van der Waals surface area contributed by atoms with Crippen molar-refractivity contribution in [3.63, 3.8) is 0 Å². The lowest BCUT2D eigenvalue weighted by molar-refractivity contribution is 0.0593. The first-order valence-electron chi connectivity index (χ1n) is 10.5. The van der Waals surface area contributed by atoms with E-state index in [1.54, 1.807) is 48.5 Å². The normalized spacial score (nSPS) is 12.2. The lowest BCUT2D eigenvalue weighted by Crippen LogP contribution is -2.29. The number of benzene rings is 3. The van der Waals surface area contributed by atoms with Gasteiger partial charge in [-0.15, -0.1) is 0 Å². The van der Waals surface area contributed by atoms with E-state index in [2.05, 4.69) is 5.32 Å². The van der Waals surface area contributed by atoms with E-state index < -0.39 is 17.8 Å². The molecule has 3 amide bonds. The molecular formula is C26H20N2O7. The van der Waals surface area contributed by atoms with Crippen LogP contribution >= 0.6 is 0 Å². The number of nitrogens with one attached hydrogen (secondary N) is 1. The number of carbonyl (C=O) groups excluding carboxylic acids is 5. The minimum Gasteiger partial charge on any atom is -0.465 e. The molecule has 0 atom stereocenters. The standard InChI is InChI=1S/C26H20N2O7/c1-34-25(32)17-11-18(26(33)35-2)13-19(12-17)27-22(29)16-9-7-15(8-10-16)14-28-23(30)20-5-3-4-6-21(20)24(28)31/h3-13H,14H2,1-2H3,(H,27,29). The summed E-state index contributed by atoms with van der Waals surface area (Å²) in [6.07, 6.45) is 0. The number of nitrogens with zero attached hydrogens (tertiary/aromatic N) is 1. The Morgan fingerprint density at radius 3 is 1.74 bits per heavy atom. The predicted molar refractivity (Wildman–Crippen MR) is 124 cm³/mol. The average Bonchev–Trinajstić information content (AvgIpc) is 3.12. The van der Waals surface area contributed by atoms with Crippen LogP contribution < -0.4 is 5.32 Å². The van der Waals surface area contributed by atoms with E-state index in [9.17, 15) is 24.0 Å². The molecule has 0 radical (unpaired) electrons. The highest BCUT2D eigenvalue weighted by atomic mass is 16.5. The quantitative estimate of drug-likeness (QED) is 0.432. The Bertz CT molecular complexity index is 1290. The number of amides is 3. The van der Waals surface area contributed by atoms with Crippen molar-refractivity contribution in [1.29, 1.82) is 0 Å². The van der Waals surface area contributed by atoms with Crippen molar-refractivity contribution in [2.75, 3.05) is 19.5 Å². The van der Waals surface area contributed by atoms with Crippen LogP contribution in [0.25, 0.3) is 0 Å². The summed E-state index contributed by atoms with van der Waals surface area (Å²) in [5.41, 5.74) is 2.04. The van der Waals surface area contributed by atoms with Crippen molar-refractivity contribution in [2.45, 2.75) is 6.54 Å². The molecule has 0 saturated heterocycles. The molecule has 0 aromatic heterocycles. The predicted octanol–water partition coefficient (Wildman–Crippen LogP) is 3.31. The van der Waals surface area contributed by atoms with Crippen LogP contribution in [-0.2, 0) is 16.0 Å². The Hall–Kier alpha value is -4.79. The van der Waals surface area contributed by atoms with Gasteiger partial charge in [-0.2, -0.15) is 0 Å². The first kappa shape index (κ1) is 23.4. The summed E-state index contributed by atoms with van der Waals surface area (Å²) in [6.45, 7) is 0.0674. The van der Waals surface area contributed by atoms with Crippen molar-refractivity contribution < 1.29 is 33.4 Å². The number of hydrogen-bond donors (Lipinski definition) is 1. The Kier molecular flexibility index (Phi) is 6.41. The summed E-state index contributed by atoms with van der Waals surface area (Å²) < 4.78 is 9.39. The van der Waals surface area contributed by atoms with Gasteiger partial charge >= 0.3 is 11.9 Å². The Labute approximate surface area is 200 Å². The minimum absolute atomic E-state index is 0.0674. The van der Waals surface area contributed by atoms with Gasteiger partial charge in [0.05, 0.1) is 43.0 Å². The third-order valence-electron chi connectivity index (χ3n) is 5.47. The van der Waals surface area contributed by atoms with Gasteiger partial charge in [0.15, 0.2) is 0 Å². The molecule has 35 heavy (non-hydrogen) atoms. The molecule has 4 rings (SSSR count). The van der Waals surface area contributed by atoms with Crippen molar-refractivity contribution >= 4 is 35.3 Å². The summed E-state index contributed by atoms with van der Waals surface area (Å²) >= 11 is 0. The van der Waals surface area contributed by atoms with E-state index in [0.717, 1.165) is 4.90 Å². The number of ether oxygens (including phenoxy) is 2. The molecule has 1 aliphatic rings. The van der Waals surface area contributed by atoms with Gasteiger partial charge in [-0.1, -0.05) is 24.3 Å². The molecule has 176 valence electrons. The monoisotopic (exact) mass is 472 g/mol. The van der Waals surface area contributed by atoms with Crippen molar-refractivity contribution in [2.24, 2.45) is 0 Å². The topological polar surface area (TPSA) is 119 Å². The summed E-state index contributed by atoms with van der Waals surface area (Å²) in [5.74, 6) is -2.57. The summed E-state index contributed by atoms with van der Waals surface area (Å²) in [6, 6.07) is 17.1. The lowest BCUT2D eigenvalue weighted by atomic mass is 10.1. The number of esters is 2. The average molecular weight is 472 g/mol. The molecule has 9 nitrogen and oxygen atoms in total. The number of hydrogen-bond acceptors (Lipinski definition) is 7. The van der Waals surface area contributed by atoms with Crippen LogP contribution in [0.4, 0.5) is 5.69 Å². The molecule has 0 bridgehead atoms. The highest BCUT2D eigenvalue weighted by Gasteiger charge is 2.34. The first-order valence-corrected chi connectivity index (χ1v) is 10.5. The molecule has 3 aromatic carbocycles. The molecule has 1 N–H and O–H groups in total. The third-order valence-corrected chi connectivity index (χ3v) is 5.47. The lowest BCUT2D eigenvalue weighted by Gasteiger charge is -2.14. The Morgan fingerprint density at radius 2 is 1.26 bits per heavy atom. The maximum absolute atomic E-state index is 12.8. The van der Waals surface area contributed by atoms with E-state index in [0.29, 0.717) is 22.3 Å². The number of methoxy groups -OCH3 is 2. The van der Waals surface area contributed by atoms with Crippen LogP contribution in [-0.4, -0.2) is 48.8 Å². The van der Waals surface area contributed by atoms with Gasteiger partial charge in [0.2, 0.25) is 0 Å². The van der Waals surface area contributed by atoms with Crippen molar-refractivity contribution in [3.8, 4) is 0 Å². The van der Waals surface area contributed by atoms with Crippen molar-refractivity contribution in [3.05, 3.63) is 100 Å². The zero-order valence-corrected chi connectivity index (χ0v) is 18.9. The maximum atomic E-state index is 12.8. The summed E-state index contributed by atoms with van der Waals surface area (Å²) in [7, 11) is 2.41. The van der Waals surface area contributed by atoms with Crippen molar-refractivity contribution in [1.82, 2.24) is 4.90 Å². The van der Waals surface area contributed by atoms with Gasteiger partial charge in [-0.05, 0) is 48.0 Å². The fourth-order valence-corrected chi connectivity index (χ4v) is 3.70. The second-order valence-electron chi connectivity index (χ2n) is 7.68. The van der Waals surface area contributed by atoms with E-state index in [1.165, 1.54) is 32.4 Å². The zero-order chi connectivity index (χ0) is 25.1. The smallest absolute Gasteiger partial charge is 0.337 e. The van der Waals surface area contributed by atoms with Gasteiger partial charge < -0.3 is 14.8 Å². The van der Waals surface area contributed by atoms with Crippen LogP contribution in [0.15, 0.2) is 66.7 Å². The van der Waals surface area contributed by atoms with Crippen LogP contribution in [0, 0.1) is 0 Å². The first-order chi connectivity index (χ1) is 16.8. The van der Waals surface area contributed by atoms with Gasteiger partial charge in [0.1, 0.15) is 0 Å². The van der Waals surface area contributed by atoms with Gasteiger partial charge in [0, 0.05) is 11.3 Å². The molecule has 0 aliphatic carbocycles. The number of carbonyl (C=O) groups is 5. The van der Waals surface area contributed by atoms with Gasteiger partial charge in [-0.3, -0.25) is 19.3 Å². The second kappa shape index (κ2) is 9.60. The second-order valence-corrected chi connectivity index (χ2v) is 7.68. The fourth-order valence-electron chi connectivity index (χ4n) is 3.70. The van der Waals surface area contributed by atoms with Crippen LogP contribution in [0.5, 0.6) is 0 Å². The molecule has 3 aromatic rings. The van der Waals surface area contributed by atoms with Crippen LogP contribution in [0.3, 0.4) is 0 Å². The molecule has 0 saturated carbocycles. The number of anilines is 1. The SMILES string of the molecule is COC(=O)c1cc(NC(=O)c2ccc(CN3C(=O)c4ccccc4C3=O)cc2)cc(C(=O)OC)c1. The third kappa shape index (κ3) is 4.65. The van der Waals surface area contributed by atoms with Crippen LogP contribution in [0.1, 0.15) is 57.4 Å². The number of fused-ring (bicyclic) bond motifs is 1. The highest BCUT2D eigenvalue weighted by molar-refractivity contribution is 6.21. The minimum atomic E-state index is -0.677. The largest absolute Gasteiger partial charge is 0.465 e. The summed E-state index contributed by atoms with van der Waals surface area (Å²) in [4.78, 5) is 62.9. The molecule has 1 heterocycles. The zero-order valence-electron chi connectivity index (χ0n) is 18.9. The molecular weight excluding hydrogens is 452 g/mol. The highest BCUT2D eigenvalue weighted by Crippen LogP contribution is 2.24. The Morgan fingerprint density at radius 1 is 0.743 bits per heavy atom. The van der Waals surface area contributed by atoms with E-state index in [-0.39, 0.29) is 35.2 Å². The number of imide groups is 1. The molecule has 0 unspecified atom stereocenters. The molecule has 0 spiro atoms. The Balaban J connectivity index is 1.49. The fraction of sp³-hybridized carbons (Fsp3) is 0.115. The van der Waals surface area contributed by atoms with E-state index >= 15 is 0 Å². The summed E-state index contributed by atoms with van der Waals surface area (Å²) in [5, 5.41) is 2.64. The maximum Gasteiger partial charge on any atom is 0.337 e. The molecule has 9 heteroatoms. The van der Waals surface area contributed by atoms with E-state index in [1.807, 2.05) is 0 Å². The van der Waals surface area contributed by atoms with Gasteiger partial charge in [-0.25, -0.2) is 9.59 Å². The molecule has 0 fully saturated rings. The van der Waals surface area contributed by atoms with Crippen LogP contribution in [0.2, 0.25) is 0 Å².